The Morgan fingerprint density at radius 3 is 2.42 bits per heavy atom. The number of sulfonamides is 1. The summed E-state index contributed by atoms with van der Waals surface area (Å²) in [5, 5.41) is 1.71. The third-order valence-corrected chi connectivity index (χ3v) is 8.92. The van der Waals surface area contributed by atoms with Gasteiger partial charge in [0.05, 0.1) is 7.11 Å². The van der Waals surface area contributed by atoms with Crippen LogP contribution in [0.25, 0.3) is 0 Å². The van der Waals surface area contributed by atoms with E-state index in [0.717, 1.165) is 44.6 Å². The third kappa shape index (κ3) is 4.95. The fourth-order valence-electron chi connectivity index (χ4n) is 4.19. The molecule has 2 saturated heterocycles. The van der Waals surface area contributed by atoms with Crippen LogP contribution in [0.3, 0.4) is 0 Å². The molecule has 0 spiro atoms. The van der Waals surface area contributed by atoms with E-state index in [0.29, 0.717) is 31.1 Å². The summed E-state index contributed by atoms with van der Waals surface area (Å²) in [5.74, 6) is 0.672. The topological polar surface area (TPSA) is 70.2 Å². The third-order valence-electron chi connectivity index (χ3n) is 5.95. The summed E-state index contributed by atoms with van der Waals surface area (Å²) in [6.45, 7) is 4.79. The predicted octanol–water partition coefficient (Wildman–Crippen LogP) is 2.89. The average molecular weight is 464 g/mol. The van der Waals surface area contributed by atoms with E-state index in [2.05, 4.69) is 17.0 Å². The quantitative estimate of drug-likeness (QED) is 0.659. The van der Waals surface area contributed by atoms with Gasteiger partial charge in [0.15, 0.2) is 0 Å². The maximum atomic E-state index is 13.3. The Balaban J connectivity index is 1.42. The van der Waals surface area contributed by atoms with E-state index < -0.39 is 10.0 Å². The summed E-state index contributed by atoms with van der Waals surface area (Å²) in [6, 6.07) is 9.63. The summed E-state index contributed by atoms with van der Waals surface area (Å²) in [6.07, 6.45) is 2.62. The first kappa shape index (κ1) is 22.3. The highest BCUT2D eigenvalue weighted by atomic mass is 32.2. The van der Waals surface area contributed by atoms with E-state index in [1.54, 1.807) is 18.6 Å². The summed E-state index contributed by atoms with van der Waals surface area (Å²) >= 11 is 1.23. The molecule has 9 heteroatoms. The van der Waals surface area contributed by atoms with Gasteiger partial charge in [0.1, 0.15) is 15.5 Å². The molecule has 0 unspecified atom stereocenters. The van der Waals surface area contributed by atoms with Crippen molar-refractivity contribution in [2.75, 3.05) is 46.4 Å². The zero-order valence-electron chi connectivity index (χ0n) is 17.8. The molecule has 7 nitrogen and oxygen atoms in total. The van der Waals surface area contributed by atoms with E-state index in [-0.39, 0.29) is 10.8 Å². The SMILES string of the molecule is COc1ccc(CN2CCCN(C(=O)c3sccc3S(=O)(=O)N3CCCC3)CC2)cc1. The van der Waals surface area contributed by atoms with E-state index >= 15 is 0 Å². The standard InChI is InChI=1S/C22H29N3O4S2/c1-29-19-7-5-18(6-8-19)17-23-10-4-11-24(15-14-23)22(26)21-20(9-16-30-21)31(27,28)25-12-2-3-13-25/h5-9,16H,2-4,10-15,17H2,1H3. The highest BCUT2D eigenvalue weighted by molar-refractivity contribution is 7.89. The van der Waals surface area contributed by atoms with Crippen molar-refractivity contribution in [1.82, 2.24) is 14.1 Å². The van der Waals surface area contributed by atoms with Gasteiger partial charge in [-0.3, -0.25) is 9.69 Å². The molecular formula is C22H29N3O4S2. The molecule has 2 aliphatic rings. The average Bonchev–Trinajstić information content (AvgIpc) is 3.44. The lowest BCUT2D eigenvalue weighted by Gasteiger charge is -2.23. The maximum Gasteiger partial charge on any atom is 0.265 e. The Kier molecular flexibility index (Phi) is 6.95. The van der Waals surface area contributed by atoms with Gasteiger partial charge in [-0.25, -0.2) is 8.42 Å². The van der Waals surface area contributed by atoms with Crippen molar-refractivity contribution in [3.8, 4) is 5.75 Å². The van der Waals surface area contributed by atoms with Gasteiger partial charge in [-0.1, -0.05) is 12.1 Å². The number of methoxy groups -OCH3 is 1. The Bertz CT molecular complexity index is 998. The molecule has 0 radical (unpaired) electrons. The molecule has 4 rings (SSSR count). The number of carbonyl (C=O) groups is 1. The van der Waals surface area contributed by atoms with Gasteiger partial charge in [-0.15, -0.1) is 11.3 Å². The minimum atomic E-state index is -3.60. The van der Waals surface area contributed by atoms with Crippen molar-refractivity contribution in [2.45, 2.75) is 30.7 Å². The van der Waals surface area contributed by atoms with Crippen LogP contribution in [0.5, 0.6) is 5.75 Å². The van der Waals surface area contributed by atoms with Crippen LogP contribution in [-0.2, 0) is 16.6 Å². The number of hydrogen-bond donors (Lipinski definition) is 0. The molecule has 3 heterocycles. The summed E-state index contributed by atoms with van der Waals surface area (Å²) in [7, 11) is -1.94. The number of ether oxygens (including phenoxy) is 1. The van der Waals surface area contributed by atoms with Gasteiger partial charge in [-0.05, 0) is 48.4 Å². The Morgan fingerprint density at radius 2 is 1.71 bits per heavy atom. The van der Waals surface area contributed by atoms with Crippen LogP contribution in [0.15, 0.2) is 40.6 Å². The number of thiophene rings is 1. The molecule has 1 aromatic heterocycles. The highest BCUT2D eigenvalue weighted by Crippen LogP contribution is 2.29. The molecule has 0 N–H and O–H groups in total. The van der Waals surface area contributed by atoms with Gasteiger partial charge < -0.3 is 9.64 Å². The number of nitrogens with zero attached hydrogens (tertiary/aromatic N) is 3. The summed E-state index contributed by atoms with van der Waals surface area (Å²) < 4.78 is 32.8. The fourth-order valence-corrected chi connectivity index (χ4v) is 7.07. The first-order chi connectivity index (χ1) is 15.0. The van der Waals surface area contributed by atoms with Crippen LogP contribution >= 0.6 is 11.3 Å². The minimum Gasteiger partial charge on any atom is -0.497 e. The van der Waals surface area contributed by atoms with Gasteiger partial charge in [0.2, 0.25) is 10.0 Å². The maximum absolute atomic E-state index is 13.3. The van der Waals surface area contributed by atoms with Crippen LogP contribution in [0.2, 0.25) is 0 Å². The normalized spacial score (nSPS) is 18.8. The smallest absolute Gasteiger partial charge is 0.265 e. The van der Waals surface area contributed by atoms with Gasteiger partial charge in [0, 0.05) is 45.8 Å². The molecule has 0 bridgehead atoms. The number of carbonyl (C=O) groups excluding carboxylic acids is 1. The van der Waals surface area contributed by atoms with Crippen molar-refractivity contribution < 1.29 is 17.9 Å². The Hall–Kier alpha value is -1.94. The second-order valence-corrected chi connectivity index (χ2v) is 10.8. The van der Waals surface area contributed by atoms with Crippen LogP contribution < -0.4 is 4.74 Å². The van der Waals surface area contributed by atoms with Crippen LogP contribution in [0.1, 0.15) is 34.5 Å². The van der Waals surface area contributed by atoms with E-state index in [9.17, 15) is 13.2 Å². The minimum absolute atomic E-state index is 0.168. The van der Waals surface area contributed by atoms with Crippen LogP contribution in [-0.4, -0.2) is 74.8 Å². The first-order valence-corrected chi connectivity index (χ1v) is 13.0. The van der Waals surface area contributed by atoms with Crippen molar-refractivity contribution in [3.05, 3.63) is 46.2 Å². The van der Waals surface area contributed by atoms with Gasteiger partial charge in [-0.2, -0.15) is 4.31 Å². The molecule has 2 aliphatic heterocycles. The molecule has 2 fully saturated rings. The summed E-state index contributed by atoms with van der Waals surface area (Å²) in [4.78, 5) is 17.9. The van der Waals surface area contributed by atoms with Crippen molar-refractivity contribution in [1.29, 1.82) is 0 Å². The molecule has 0 saturated carbocycles. The molecule has 1 aromatic carbocycles. The number of hydrogen-bond acceptors (Lipinski definition) is 6. The van der Waals surface area contributed by atoms with E-state index in [1.165, 1.54) is 21.2 Å². The zero-order chi connectivity index (χ0) is 21.8. The van der Waals surface area contributed by atoms with Crippen molar-refractivity contribution in [3.63, 3.8) is 0 Å². The Morgan fingerprint density at radius 1 is 0.968 bits per heavy atom. The van der Waals surface area contributed by atoms with Crippen LogP contribution in [0.4, 0.5) is 0 Å². The number of benzene rings is 1. The molecule has 1 amide bonds. The van der Waals surface area contributed by atoms with E-state index in [1.807, 2.05) is 17.0 Å². The van der Waals surface area contributed by atoms with E-state index in [4.69, 9.17) is 4.74 Å². The van der Waals surface area contributed by atoms with Crippen molar-refractivity contribution in [2.24, 2.45) is 0 Å². The van der Waals surface area contributed by atoms with Crippen LogP contribution in [0, 0.1) is 0 Å². The second kappa shape index (κ2) is 9.68. The molecule has 168 valence electrons. The monoisotopic (exact) mass is 463 g/mol. The highest BCUT2D eigenvalue weighted by Gasteiger charge is 2.33. The molecule has 31 heavy (non-hydrogen) atoms. The largest absolute Gasteiger partial charge is 0.497 e. The Labute approximate surface area is 188 Å². The number of rotatable bonds is 6. The zero-order valence-corrected chi connectivity index (χ0v) is 19.5. The van der Waals surface area contributed by atoms with Gasteiger partial charge >= 0.3 is 0 Å². The lowest BCUT2D eigenvalue weighted by atomic mass is 10.2. The second-order valence-electron chi connectivity index (χ2n) is 8.00. The lowest BCUT2D eigenvalue weighted by Crippen LogP contribution is -2.36. The molecular weight excluding hydrogens is 434 g/mol. The molecule has 0 atom stereocenters. The van der Waals surface area contributed by atoms with Crippen molar-refractivity contribution >= 4 is 27.3 Å². The summed E-state index contributed by atoms with van der Waals surface area (Å²) in [5.41, 5.74) is 1.21. The molecule has 2 aromatic rings. The lowest BCUT2D eigenvalue weighted by molar-refractivity contribution is 0.0762. The fraction of sp³-hybridized carbons (Fsp3) is 0.500. The van der Waals surface area contributed by atoms with Gasteiger partial charge in [0.25, 0.3) is 5.91 Å². The predicted molar refractivity (Wildman–Crippen MR) is 121 cm³/mol. The molecule has 0 aliphatic carbocycles. The number of amides is 1. The first-order valence-electron chi connectivity index (χ1n) is 10.7.